The second kappa shape index (κ2) is 7.15. The highest BCUT2D eigenvalue weighted by Gasteiger charge is 2.22. The number of halogens is 2. The molecule has 3 rings (SSSR count). The minimum absolute atomic E-state index is 0.0904. The maximum Gasteiger partial charge on any atom is 0.280 e. The number of benzene rings is 2. The molecule has 1 aliphatic rings. The molecule has 2 aromatic carbocycles. The lowest BCUT2D eigenvalue weighted by atomic mass is 10.1. The Morgan fingerprint density at radius 1 is 1.26 bits per heavy atom. The normalized spacial score (nSPS) is 13.8. The molecule has 0 N–H and O–H groups in total. The molecule has 0 aromatic heterocycles. The van der Waals surface area contributed by atoms with Crippen molar-refractivity contribution >= 4 is 39.1 Å². The minimum Gasteiger partial charge on any atom is -0.482 e. The summed E-state index contributed by atoms with van der Waals surface area (Å²) in [6.45, 7) is 0.480. The van der Waals surface area contributed by atoms with Crippen molar-refractivity contribution in [2.24, 2.45) is 5.10 Å². The van der Waals surface area contributed by atoms with Gasteiger partial charge in [-0.05, 0) is 23.8 Å². The lowest BCUT2D eigenvalue weighted by molar-refractivity contribution is -0.132. The number of hydrogen-bond acceptors (Lipinski definition) is 3. The van der Waals surface area contributed by atoms with Gasteiger partial charge in [0.2, 0.25) is 0 Å². The van der Waals surface area contributed by atoms with Crippen LogP contribution in [0.15, 0.2) is 58.1 Å². The fraction of sp³-hybridized carbons (Fsp3) is 0.176. The molecule has 0 unspecified atom stereocenters. The molecular formula is C17H14BrClN2O2. The number of ether oxygens (including phenoxy) is 1. The first-order valence-corrected chi connectivity index (χ1v) is 8.32. The average Bonchev–Trinajstić information content (AvgIpc) is 3.05. The predicted molar refractivity (Wildman–Crippen MR) is 94.0 cm³/mol. The van der Waals surface area contributed by atoms with Crippen molar-refractivity contribution in [3.05, 3.63) is 63.6 Å². The summed E-state index contributed by atoms with van der Waals surface area (Å²) in [7, 11) is 0. The molecule has 6 heteroatoms. The Morgan fingerprint density at radius 3 is 2.78 bits per heavy atom. The van der Waals surface area contributed by atoms with Crippen molar-refractivity contribution in [1.82, 2.24) is 5.01 Å². The molecule has 0 saturated carbocycles. The van der Waals surface area contributed by atoms with E-state index >= 15 is 0 Å². The van der Waals surface area contributed by atoms with Crippen LogP contribution in [-0.2, 0) is 4.79 Å². The molecule has 1 aliphatic heterocycles. The molecule has 2 aromatic rings. The summed E-state index contributed by atoms with van der Waals surface area (Å²) < 4.78 is 6.35. The summed E-state index contributed by atoms with van der Waals surface area (Å²) in [5.41, 5.74) is 1.96. The Labute approximate surface area is 147 Å². The summed E-state index contributed by atoms with van der Waals surface area (Å²) in [6.07, 6.45) is 0.745. The fourth-order valence-electron chi connectivity index (χ4n) is 2.28. The molecule has 118 valence electrons. The average molecular weight is 394 g/mol. The van der Waals surface area contributed by atoms with Crippen LogP contribution in [0.5, 0.6) is 5.75 Å². The van der Waals surface area contributed by atoms with Crippen molar-refractivity contribution in [3.63, 3.8) is 0 Å². The smallest absolute Gasteiger partial charge is 0.280 e. The van der Waals surface area contributed by atoms with Gasteiger partial charge in [0.05, 0.1) is 17.3 Å². The number of carbonyl (C=O) groups excluding carboxylic acids is 1. The molecule has 0 spiro atoms. The zero-order valence-electron chi connectivity index (χ0n) is 12.2. The van der Waals surface area contributed by atoms with E-state index in [1.807, 2.05) is 36.4 Å². The van der Waals surface area contributed by atoms with E-state index in [0.717, 1.165) is 22.2 Å². The monoisotopic (exact) mass is 392 g/mol. The van der Waals surface area contributed by atoms with E-state index in [0.29, 0.717) is 17.3 Å². The fourth-order valence-corrected chi connectivity index (χ4v) is 3.00. The van der Waals surface area contributed by atoms with Crippen molar-refractivity contribution in [2.45, 2.75) is 6.42 Å². The quantitative estimate of drug-likeness (QED) is 0.784. The second-order valence-corrected chi connectivity index (χ2v) is 6.37. The lowest BCUT2D eigenvalue weighted by Gasteiger charge is -2.13. The summed E-state index contributed by atoms with van der Waals surface area (Å²) in [6, 6.07) is 15.1. The topological polar surface area (TPSA) is 41.9 Å². The summed E-state index contributed by atoms with van der Waals surface area (Å²) in [4.78, 5) is 12.2. The van der Waals surface area contributed by atoms with E-state index in [4.69, 9.17) is 16.3 Å². The zero-order chi connectivity index (χ0) is 16.2. The van der Waals surface area contributed by atoms with E-state index in [9.17, 15) is 4.79 Å². The van der Waals surface area contributed by atoms with Gasteiger partial charge < -0.3 is 4.74 Å². The van der Waals surface area contributed by atoms with E-state index in [1.54, 1.807) is 12.1 Å². The highest BCUT2D eigenvalue weighted by Crippen LogP contribution is 2.27. The Balaban J connectivity index is 1.62. The minimum atomic E-state index is -0.185. The van der Waals surface area contributed by atoms with Gasteiger partial charge in [0.1, 0.15) is 5.75 Å². The number of hydrazone groups is 1. The number of carbonyl (C=O) groups is 1. The third-order valence-corrected chi connectivity index (χ3v) is 4.23. The molecule has 0 saturated heterocycles. The van der Waals surface area contributed by atoms with Gasteiger partial charge in [0.15, 0.2) is 6.61 Å². The molecule has 0 bridgehead atoms. The number of amides is 1. The SMILES string of the molecule is O=C(COc1ccc(Br)cc1Cl)N1CCC(c2ccccc2)=N1. The van der Waals surface area contributed by atoms with Crippen molar-refractivity contribution in [3.8, 4) is 5.75 Å². The van der Waals surface area contributed by atoms with Crippen LogP contribution in [0.1, 0.15) is 12.0 Å². The first-order chi connectivity index (χ1) is 11.1. The molecule has 4 nitrogen and oxygen atoms in total. The van der Waals surface area contributed by atoms with E-state index in [2.05, 4.69) is 21.0 Å². The van der Waals surface area contributed by atoms with Crippen molar-refractivity contribution in [1.29, 1.82) is 0 Å². The molecule has 0 radical (unpaired) electrons. The summed E-state index contributed by atoms with van der Waals surface area (Å²) in [5, 5.41) is 6.30. The van der Waals surface area contributed by atoms with Gasteiger partial charge in [-0.25, -0.2) is 5.01 Å². The van der Waals surface area contributed by atoms with Crippen LogP contribution in [0.4, 0.5) is 0 Å². The highest BCUT2D eigenvalue weighted by molar-refractivity contribution is 9.10. The van der Waals surface area contributed by atoms with Crippen LogP contribution >= 0.6 is 27.5 Å². The lowest BCUT2D eigenvalue weighted by Crippen LogP contribution is -2.28. The first-order valence-electron chi connectivity index (χ1n) is 7.14. The Bertz CT molecular complexity index is 750. The van der Waals surface area contributed by atoms with Gasteiger partial charge in [-0.3, -0.25) is 4.79 Å². The van der Waals surface area contributed by atoms with Crippen molar-refractivity contribution in [2.75, 3.05) is 13.2 Å². The van der Waals surface area contributed by atoms with Crippen LogP contribution in [-0.4, -0.2) is 29.8 Å². The Kier molecular flexibility index (Phi) is 4.98. The first kappa shape index (κ1) is 16.0. The van der Waals surface area contributed by atoms with E-state index < -0.39 is 0 Å². The molecule has 0 aliphatic carbocycles. The molecule has 0 atom stereocenters. The predicted octanol–water partition coefficient (Wildman–Crippen LogP) is 4.12. The van der Waals surface area contributed by atoms with Crippen LogP contribution < -0.4 is 4.74 Å². The zero-order valence-corrected chi connectivity index (χ0v) is 14.5. The highest BCUT2D eigenvalue weighted by atomic mass is 79.9. The van der Waals surface area contributed by atoms with Gasteiger partial charge in [-0.15, -0.1) is 0 Å². The van der Waals surface area contributed by atoms with Crippen LogP contribution in [0, 0.1) is 0 Å². The van der Waals surface area contributed by atoms with Gasteiger partial charge in [0, 0.05) is 10.9 Å². The maximum absolute atomic E-state index is 12.2. The Morgan fingerprint density at radius 2 is 2.04 bits per heavy atom. The summed E-state index contributed by atoms with van der Waals surface area (Å²) in [5.74, 6) is 0.296. The third-order valence-electron chi connectivity index (χ3n) is 3.44. The van der Waals surface area contributed by atoms with Crippen molar-refractivity contribution < 1.29 is 9.53 Å². The Hall–Kier alpha value is -1.85. The third kappa shape index (κ3) is 3.92. The number of hydrogen-bond donors (Lipinski definition) is 0. The standard InChI is InChI=1S/C17H14BrClN2O2/c18-13-6-7-16(14(19)10-13)23-11-17(22)21-9-8-15(20-21)12-4-2-1-3-5-12/h1-7,10H,8-9,11H2. The maximum atomic E-state index is 12.2. The van der Waals surface area contributed by atoms with Crippen LogP contribution in [0.2, 0.25) is 5.02 Å². The van der Waals surface area contributed by atoms with Gasteiger partial charge >= 0.3 is 0 Å². The van der Waals surface area contributed by atoms with Crippen LogP contribution in [0.25, 0.3) is 0 Å². The van der Waals surface area contributed by atoms with E-state index in [-0.39, 0.29) is 12.5 Å². The molecule has 1 heterocycles. The molecule has 1 amide bonds. The molecular weight excluding hydrogens is 380 g/mol. The van der Waals surface area contributed by atoms with Crippen LogP contribution in [0.3, 0.4) is 0 Å². The molecule has 23 heavy (non-hydrogen) atoms. The second-order valence-electron chi connectivity index (χ2n) is 5.04. The number of nitrogens with zero attached hydrogens (tertiary/aromatic N) is 2. The van der Waals surface area contributed by atoms with Gasteiger partial charge in [0.25, 0.3) is 5.91 Å². The van der Waals surface area contributed by atoms with Gasteiger partial charge in [-0.2, -0.15) is 5.10 Å². The summed E-state index contributed by atoms with van der Waals surface area (Å²) >= 11 is 9.39. The molecule has 0 fully saturated rings. The largest absolute Gasteiger partial charge is 0.482 e. The number of rotatable bonds is 4. The van der Waals surface area contributed by atoms with E-state index in [1.165, 1.54) is 5.01 Å². The van der Waals surface area contributed by atoms with Gasteiger partial charge in [-0.1, -0.05) is 57.9 Å².